The van der Waals surface area contributed by atoms with Crippen molar-refractivity contribution in [1.29, 1.82) is 0 Å². The van der Waals surface area contributed by atoms with Crippen LogP contribution in [0.25, 0.3) is 0 Å². The lowest BCUT2D eigenvalue weighted by Gasteiger charge is -2.17. The lowest BCUT2D eigenvalue weighted by molar-refractivity contribution is -0.385. The normalized spacial score (nSPS) is 19.2. The molecule has 2 rings (SSSR count). The summed E-state index contributed by atoms with van der Waals surface area (Å²) < 4.78 is 0. The van der Waals surface area contributed by atoms with Crippen LogP contribution in [0.1, 0.15) is 25.5 Å². The summed E-state index contributed by atoms with van der Waals surface area (Å²) in [6.45, 7) is 5.30. The van der Waals surface area contributed by atoms with Crippen LogP contribution in [0.3, 0.4) is 0 Å². The highest BCUT2D eigenvalue weighted by Gasteiger charge is 2.30. The summed E-state index contributed by atoms with van der Waals surface area (Å²) in [5.41, 5.74) is 5.89. The Bertz CT molecular complexity index is 477. The second-order valence-corrected chi connectivity index (χ2v) is 4.61. The van der Waals surface area contributed by atoms with Crippen LogP contribution in [0.5, 0.6) is 0 Å². The zero-order chi connectivity index (χ0) is 13.3. The highest BCUT2D eigenvalue weighted by Crippen LogP contribution is 2.33. The van der Waals surface area contributed by atoms with Gasteiger partial charge in [0.15, 0.2) is 0 Å². The predicted octanol–water partition coefficient (Wildman–Crippen LogP) is 1.51. The molecule has 0 aromatic carbocycles. The van der Waals surface area contributed by atoms with Crippen molar-refractivity contribution in [3.05, 3.63) is 15.8 Å². The number of nitrogens with zero attached hydrogens (tertiary/aromatic N) is 4. The van der Waals surface area contributed by atoms with Gasteiger partial charge in [-0.2, -0.15) is 4.98 Å². The van der Waals surface area contributed by atoms with Crippen molar-refractivity contribution < 1.29 is 4.92 Å². The molecule has 2 N–H and O–H groups in total. The van der Waals surface area contributed by atoms with Gasteiger partial charge in [-0.05, 0) is 19.3 Å². The highest BCUT2D eigenvalue weighted by atomic mass is 16.6. The number of nitro groups is 1. The largest absolute Gasteiger partial charge is 0.368 e. The molecule has 0 radical (unpaired) electrons. The minimum absolute atomic E-state index is 0.0269. The van der Waals surface area contributed by atoms with Gasteiger partial charge in [0, 0.05) is 13.1 Å². The first-order chi connectivity index (χ1) is 8.52. The first-order valence-electron chi connectivity index (χ1n) is 6.06. The monoisotopic (exact) mass is 251 g/mol. The number of anilines is 2. The Labute approximate surface area is 105 Å². The van der Waals surface area contributed by atoms with Crippen LogP contribution in [0.2, 0.25) is 0 Å². The van der Waals surface area contributed by atoms with E-state index in [0.717, 1.165) is 25.9 Å². The summed E-state index contributed by atoms with van der Waals surface area (Å²) >= 11 is 0. The van der Waals surface area contributed by atoms with E-state index >= 15 is 0 Å². The molecule has 1 aliphatic heterocycles. The van der Waals surface area contributed by atoms with Crippen molar-refractivity contribution in [3.8, 4) is 0 Å². The van der Waals surface area contributed by atoms with Crippen LogP contribution in [-0.2, 0) is 0 Å². The molecule has 0 saturated carbocycles. The van der Waals surface area contributed by atoms with Crippen molar-refractivity contribution in [3.63, 3.8) is 0 Å². The van der Waals surface area contributed by atoms with E-state index in [-0.39, 0.29) is 11.6 Å². The summed E-state index contributed by atoms with van der Waals surface area (Å²) in [6, 6.07) is 0. The van der Waals surface area contributed by atoms with Crippen molar-refractivity contribution in [2.45, 2.75) is 26.7 Å². The number of aryl methyl sites for hydroxylation is 1. The Balaban J connectivity index is 2.40. The third-order valence-electron chi connectivity index (χ3n) is 3.40. The molecular formula is C11H17N5O2. The molecule has 1 fully saturated rings. The molecule has 98 valence electrons. The summed E-state index contributed by atoms with van der Waals surface area (Å²) in [5.74, 6) is 1.02. The van der Waals surface area contributed by atoms with Gasteiger partial charge in [0.25, 0.3) is 0 Å². The fraction of sp³-hybridized carbons (Fsp3) is 0.636. The smallest absolute Gasteiger partial charge is 0.332 e. The number of nitrogen functional groups attached to an aromatic ring is 1. The molecule has 1 aromatic heterocycles. The van der Waals surface area contributed by atoms with Gasteiger partial charge in [0.05, 0.1) is 4.92 Å². The van der Waals surface area contributed by atoms with Crippen molar-refractivity contribution in [2.75, 3.05) is 23.7 Å². The Morgan fingerprint density at radius 3 is 2.83 bits per heavy atom. The number of nitrogens with two attached hydrogens (primary N) is 1. The van der Waals surface area contributed by atoms with E-state index in [1.54, 1.807) is 6.92 Å². The molecule has 7 heteroatoms. The third-order valence-corrected chi connectivity index (χ3v) is 3.40. The van der Waals surface area contributed by atoms with E-state index in [2.05, 4.69) is 16.9 Å². The third kappa shape index (κ3) is 2.20. The van der Waals surface area contributed by atoms with Crippen LogP contribution in [0.15, 0.2) is 0 Å². The summed E-state index contributed by atoms with van der Waals surface area (Å²) in [5, 5.41) is 11.1. The minimum atomic E-state index is -0.427. The Morgan fingerprint density at radius 1 is 1.56 bits per heavy atom. The highest BCUT2D eigenvalue weighted by molar-refractivity contribution is 5.62. The van der Waals surface area contributed by atoms with Gasteiger partial charge >= 0.3 is 5.69 Å². The zero-order valence-corrected chi connectivity index (χ0v) is 10.6. The van der Waals surface area contributed by atoms with E-state index in [9.17, 15) is 10.1 Å². The molecule has 1 saturated heterocycles. The minimum Gasteiger partial charge on any atom is -0.368 e. The Morgan fingerprint density at radius 2 is 2.28 bits per heavy atom. The fourth-order valence-electron chi connectivity index (χ4n) is 2.37. The molecule has 1 aromatic rings. The van der Waals surface area contributed by atoms with Gasteiger partial charge < -0.3 is 10.6 Å². The topological polar surface area (TPSA) is 98.2 Å². The number of aromatic nitrogens is 2. The second-order valence-electron chi connectivity index (χ2n) is 4.61. The van der Waals surface area contributed by atoms with Gasteiger partial charge in [-0.15, -0.1) is 0 Å². The number of hydrogen-bond acceptors (Lipinski definition) is 6. The molecule has 0 amide bonds. The molecule has 2 heterocycles. The fourth-order valence-corrected chi connectivity index (χ4v) is 2.37. The van der Waals surface area contributed by atoms with E-state index in [1.165, 1.54) is 0 Å². The SMILES string of the molecule is CCC1CCN(c2nc(N)nc(C)c2[N+](=O)[O-])C1. The van der Waals surface area contributed by atoms with Crippen LogP contribution in [-0.4, -0.2) is 28.0 Å². The van der Waals surface area contributed by atoms with Crippen LogP contribution in [0.4, 0.5) is 17.5 Å². The Hall–Kier alpha value is -1.92. The summed E-state index contributed by atoms with van der Waals surface area (Å²) in [7, 11) is 0. The molecule has 0 aliphatic carbocycles. The van der Waals surface area contributed by atoms with E-state index in [0.29, 0.717) is 17.4 Å². The number of rotatable bonds is 3. The van der Waals surface area contributed by atoms with Gasteiger partial charge in [-0.25, -0.2) is 4.98 Å². The first-order valence-corrected chi connectivity index (χ1v) is 6.06. The standard InChI is InChI=1S/C11H17N5O2/c1-3-8-4-5-15(6-8)10-9(16(17)18)7(2)13-11(12)14-10/h8H,3-6H2,1-2H3,(H2,12,13,14). The van der Waals surface area contributed by atoms with Crippen LogP contribution < -0.4 is 10.6 Å². The van der Waals surface area contributed by atoms with Crippen LogP contribution in [0, 0.1) is 23.0 Å². The molecule has 0 spiro atoms. The quantitative estimate of drug-likeness (QED) is 0.645. The molecule has 18 heavy (non-hydrogen) atoms. The Kier molecular flexibility index (Phi) is 3.31. The summed E-state index contributed by atoms with van der Waals surface area (Å²) in [4.78, 5) is 20.6. The van der Waals surface area contributed by atoms with Gasteiger partial charge in [-0.3, -0.25) is 10.1 Å². The van der Waals surface area contributed by atoms with Gasteiger partial charge in [0.2, 0.25) is 11.8 Å². The zero-order valence-electron chi connectivity index (χ0n) is 10.6. The lowest BCUT2D eigenvalue weighted by Crippen LogP contribution is -2.23. The maximum atomic E-state index is 11.1. The summed E-state index contributed by atoms with van der Waals surface area (Å²) in [6.07, 6.45) is 2.11. The molecule has 7 nitrogen and oxygen atoms in total. The van der Waals surface area contributed by atoms with Crippen LogP contribution >= 0.6 is 0 Å². The molecule has 1 unspecified atom stereocenters. The average Bonchev–Trinajstić information content (AvgIpc) is 2.75. The molecular weight excluding hydrogens is 234 g/mol. The predicted molar refractivity (Wildman–Crippen MR) is 68.4 cm³/mol. The molecule has 1 atom stereocenters. The molecule has 0 bridgehead atoms. The van der Waals surface area contributed by atoms with Crippen molar-refractivity contribution >= 4 is 17.5 Å². The number of hydrogen-bond donors (Lipinski definition) is 1. The van der Waals surface area contributed by atoms with Gasteiger partial charge in [-0.1, -0.05) is 13.3 Å². The van der Waals surface area contributed by atoms with E-state index in [1.807, 2.05) is 4.90 Å². The first kappa shape index (κ1) is 12.5. The van der Waals surface area contributed by atoms with Crippen molar-refractivity contribution in [1.82, 2.24) is 9.97 Å². The molecule has 1 aliphatic rings. The maximum absolute atomic E-state index is 11.1. The van der Waals surface area contributed by atoms with E-state index in [4.69, 9.17) is 5.73 Å². The second kappa shape index (κ2) is 4.75. The van der Waals surface area contributed by atoms with Crippen molar-refractivity contribution in [2.24, 2.45) is 5.92 Å². The average molecular weight is 251 g/mol. The van der Waals surface area contributed by atoms with E-state index < -0.39 is 4.92 Å². The maximum Gasteiger partial charge on any atom is 0.332 e. The van der Waals surface area contributed by atoms with Gasteiger partial charge in [0.1, 0.15) is 5.69 Å². The lowest BCUT2D eigenvalue weighted by atomic mass is 10.1.